The maximum Gasteiger partial charge on any atom is 0.0376 e. The lowest BCUT2D eigenvalue weighted by atomic mass is 9.91. The van der Waals surface area contributed by atoms with E-state index in [2.05, 4.69) is 41.8 Å². The second-order valence-corrected chi connectivity index (χ2v) is 5.63. The molecule has 0 amide bonds. The Morgan fingerprint density at radius 3 is 2.94 bits per heavy atom. The molecule has 3 unspecified atom stereocenters. The molecule has 0 spiro atoms. The Hall–Kier alpha value is -1.02. The summed E-state index contributed by atoms with van der Waals surface area (Å²) in [5.74, 6) is 2.61. The molecule has 0 radical (unpaired) electrons. The minimum Gasteiger partial charge on any atom is -0.385 e. The highest BCUT2D eigenvalue weighted by molar-refractivity contribution is 5.54. The number of para-hydroxylation sites is 1. The fraction of sp³-hybridized carbons (Fsp3) is 0.600. The molecule has 3 rings (SSSR count). The monoisotopic (exact) mass is 230 g/mol. The maximum absolute atomic E-state index is 3.66. The molecule has 1 heterocycles. The topological polar surface area (TPSA) is 24.1 Å². The smallest absolute Gasteiger partial charge is 0.0376 e. The van der Waals surface area contributed by atoms with Gasteiger partial charge in [-0.05, 0) is 42.9 Å². The van der Waals surface area contributed by atoms with Crippen LogP contribution in [0, 0.1) is 11.8 Å². The predicted molar refractivity (Wildman–Crippen MR) is 72.4 cm³/mol. The van der Waals surface area contributed by atoms with E-state index < -0.39 is 0 Å². The van der Waals surface area contributed by atoms with E-state index in [4.69, 9.17) is 0 Å². The third-order valence-electron chi connectivity index (χ3n) is 4.28. The average Bonchev–Trinajstić information content (AvgIpc) is 3.06. The van der Waals surface area contributed by atoms with Crippen LogP contribution in [0.1, 0.15) is 31.2 Å². The average molecular weight is 230 g/mol. The first kappa shape index (κ1) is 11.1. The summed E-state index contributed by atoms with van der Waals surface area (Å²) in [5, 5.41) is 7.14. The molecule has 0 bridgehead atoms. The Morgan fingerprint density at radius 2 is 2.12 bits per heavy atom. The Labute approximate surface area is 104 Å². The standard InChI is InChI=1S/C15H22N2/c1-11-8-13(11)10-16-9-12-6-7-17-15-5-3-2-4-14(12)15/h2-5,11-13,16-17H,6-10H2,1H3. The summed E-state index contributed by atoms with van der Waals surface area (Å²) in [7, 11) is 0. The van der Waals surface area contributed by atoms with Gasteiger partial charge in [0.2, 0.25) is 0 Å². The molecule has 2 nitrogen and oxygen atoms in total. The lowest BCUT2D eigenvalue weighted by molar-refractivity contribution is 0.529. The number of hydrogen-bond donors (Lipinski definition) is 2. The van der Waals surface area contributed by atoms with Gasteiger partial charge in [-0.25, -0.2) is 0 Å². The molecule has 2 heteroatoms. The first-order valence-electron chi connectivity index (χ1n) is 6.88. The van der Waals surface area contributed by atoms with Crippen molar-refractivity contribution < 1.29 is 0 Å². The van der Waals surface area contributed by atoms with Crippen LogP contribution in [0.2, 0.25) is 0 Å². The summed E-state index contributed by atoms with van der Waals surface area (Å²) in [6, 6.07) is 8.74. The van der Waals surface area contributed by atoms with Gasteiger partial charge in [-0.3, -0.25) is 0 Å². The summed E-state index contributed by atoms with van der Waals surface area (Å²) < 4.78 is 0. The zero-order valence-electron chi connectivity index (χ0n) is 10.6. The van der Waals surface area contributed by atoms with Gasteiger partial charge in [0.1, 0.15) is 0 Å². The van der Waals surface area contributed by atoms with Crippen LogP contribution in [0.4, 0.5) is 5.69 Å². The summed E-state index contributed by atoms with van der Waals surface area (Å²) >= 11 is 0. The molecule has 0 saturated heterocycles. The van der Waals surface area contributed by atoms with Crippen molar-refractivity contribution >= 4 is 5.69 Å². The molecule has 1 aliphatic heterocycles. The molecular formula is C15H22N2. The van der Waals surface area contributed by atoms with Crippen molar-refractivity contribution in [2.75, 3.05) is 25.0 Å². The number of nitrogens with one attached hydrogen (secondary N) is 2. The first-order chi connectivity index (χ1) is 8.34. The largest absolute Gasteiger partial charge is 0.385 e. The van der Waals surface area contributed by atoms with Gasteiger partial charge in [0.05, 0.1) is 0 Å². The van der Waals surface area contributed by atoms with Gasteiger partial charge < -0.3 is 10.6 Å². The molecule has 0 aromatic heterocycles. The summed E-state index contributed by atoms with van der Waals surface area (Å²) in [5.41, 5.74) is 2.83. The van der Waals surface area contributed by atoms with Crippen LogP contribution >= 0.6 is 0 Å². The Bertz CT molecular complexity index is 388. The molecule has 1 aromatic rings. The van der Waals surface area contributed by atoms with E-state index in [0.29, 0.717) is 5.92 Å². The molecule has 1 fully saturated rings. The van der Waals surface area contributed by atoms with Gasteiger partial charge in [0, 0.05) is 24.7 Å². The molecule has 2 aliphatic rings. The number of rotatable bonds is 4. The molecule has 17 heavy (non-hydrogen) atoms. The highest BCUT2D eigenvalue weighted by atomic mass is 14.9. The van der Waals surface area contributed by atoms with E-state index in [1.165, 1.54) is 30.6 Å². The third-order valence-corrected chi connectivity index (χ3v) is 4.28. The van der Waals surface area contributed by atoms with Crippen molar-refractivity contribution in [1.29, 1.82) is 0 Å². The minimum atomic E-state index is 0.696. The van der Waals surface area contributed by atoms with E-state index >= 15 is 0 Å². The predicted octanol–water partition coefficient (Wildman–Crippen LogP) is 2.83. The zero-order chi connectivity index (χ0) is 11.7. The van der Waals surface area contributed by atoms with Gasteiger partial charge in [-0.2, -0.15) is 0 Å². The van der Waals surface area contributed by atoms with Crippen molar-refractivity contribution in [1.82, 2.24) is 5.32 Å². The van der Waals surface area contributed by atoms with Crippen LogP contribution < -0.4 is 10.6 Å². The lowest BCUT2D eigenvalue weighted by Crippen LogP contribution is -2.28. The third kappa shape index (κ3) is 2.47. The Balaban J connectivity index is 1.57. The first-order valence-corrected chi connectivity index (χ1v) is 6.88. The van der Waals surface area contributed by atoms with Crippen LogP contribution in [0.15, 0.2) is 24.3 Å². The van der Waals surface area contributed by atoms with Gasteiger partial charge in [-0.15, -0.1) is 0 Å². The fourth-order valence-electron chi connectivity index (χ4n) is 2.89. The van der Waals surface area contributed by atoms with E-state index in [-0.39, 0.29) is 0 Å². The summed E-state index contributed by atoms with van der Waals surface area (Å²) in [6.07, 6.45) is 2.68. The minimum absolute atomic E-state index is 0.696. The summed E-state index contributed by atoms with van der Waals surface area (Å²) in [4.78, 5) is 0. The SMILES string of the molecule is CC1CC1CNCC1CCNc2ccccc21. The lowest BCUT2D eigenvalue weighted by Gasteiger charge is -2.27. The van der Waals surface area contributed by atoms with Crippen molar-refractivity contribution in [3.63, 3.8) is 0 Å². The van der Waals surface area contributed by atoms with E-state index in [1.807, 2.05) is 0 Å². The Kier molecular flexibility index (Phi) is 3.06. The molecule has 1 aliphatic carbocycles. The highest BCUT2D eigenvalue weighted by Crippen LogP contribution is 2.37. The van der Waals surface area contributed by atoms with Crippen molar-refractivity contribution in [3.8, 4) is 0 Å². The van der Waals surface area contributed by atoms with Crippen LogP contribution in [-0.2, 0) is 0 Å². The van der Waals surface area contributed by atoms with Crippen LogP contribution in [0.25, 0.3) is 0 Å². The van der Waals surface area contributed by atoms with Crippen molar-refractivity contribution in [2.24, 2.45) is 11.8 Å². The quantitative estimate of drug-likeness (QED) is 0.831. The maximum atomic E-state index is 3.66. The number of hydrogen-bond acceptors (Lipinski definition) is 2. The van der Waals surface area contributed by atoms with Gasteiger partial charge in [-0.1, -0.05) is 25.1 Å². The molecule has 1 saturated carbocycles. The van der Waals surface area contributed by atoms with Gasteiger partial charge in [0.15, 0.2) is 0 Å². The molecule has 1 aromatic carbocycles. The fourth-order valence-corrected chi connectivity index (χ4v) is 2.89. The van der Waals surface area contributed by atoms with E-state index in [0.717, 1.165) is 24.9 Å². The molecule has 3 atom stereocenters. The second kappa shape index (κ2) is 4.69. The second-order valence-electron chi connectivity index (χ2n) is 5.63. The zero-order valence-corrected chi connectivity index (χ0v) is 10.6. The van der Waals surface area contributed by atoms with Gasteiger partial charge >= 0.3 is 0 Å². The molecular weight excluding hydrogens is 208 g/mol. The van der Waals surface area contributed by atoms with E-state index in [9.17, 15) is 0 Å². The van der Waals surface area contributed by atoms with Crippen molar-refractivity contribution in [2.45, 2.75) is 25.7 Å². The number of anilines is 1. The van der Waals surface area contributed by atoms with Crippen LogP contribution in [0.5, 0.6) is 0 Å². The highest BCUT2D eigenvalue weighted by Gasteiger charge is 2.32. The Morgan fingerprint density at radius 1 is 1.29 bits per heavy atom. The number of benzene rings is 1. The van der Waals surface area contributed by atoms with Crippen LogP contribution in [0.3, 0.4) is 0 Å². The molecule has 92 valence electrons. The van der Waals surface area contributed by atoms with Crippen molar-refractivity contribution in [3.05, 3.63) is 29.8 Å². The van der Waals surface area contributed by atoms with Gasteiger partial charge in [0.25, 0.3) is 0 Å². The number of fused-ring (bicyclic) bond motifs is 1. The van der Waals surface area contributed by atoms with Crippen LogP contribution in [-0.4, -0.2) is 19.6 Å². The normalized spacial score (nSPS) is 30.5. The molecule has 2 N–H and O–H groups in total. The summed E-state index contributed by atoms with van der Waals surface area (Å²) in [6.45, 7) is 5.82. The van der Waals surface area contributed by atoms with E-state index in [1.54, 1.807) is 0 Å².